The van der Waals surface area contributed by atoms with E-state index in [9.17, 15) is 10.2 Å². The third-order valence-electron chi connectivity index (χ3n) is 3.93. The SMILES string of the molecule is COc1ccc([C@H](O)[C@H](CO)Oc2c(OC)cccc2OC)cc1OC. The van der Waals surface area contributed by atoms with Crippen LogP contribution in [0, 0.1) is 0 Å². The normalized spacial score (nSPS) is 12.8. The van der Waals surface area contributed by atoms with Crippen molar-refractivity contribution in [1.29, 1.82) is 0 Å². The topological polar surface area (TPSA) is 86.6 Å². The van der Waals surface area contributed by atoms with Gasteiger partial charge in [-0.05, 0) is 29.8 Å². The van der Waals surface area contributed by atoms with Crippen molar-refractivity contribution in [3.05, 3.63) is 42.0 Å². The Balaban J connectivity index is 2.32. The van der Waals surface area contributed by atoms with E-state index in [1.165, 1.54) is 28.4 Å². The number of benzene rings is 2. The van der Waals surface area contributed by atoms with E-state index >= 15 is 0 Å². The molecule has 142 valence electrons. The van der Waals surface area contributed by atoms with Gasteiger partial charge in [-0.25, -0.2) is 0 Å². The average molecular weight is 364 g/mol. The lowest BCUT2D eigenvalue weighted by molar-refractivity contribution is -0.00174. The molecule has 0 fully saturated rings. The van der Waals surface area contributed by atoms with Crippen LogP contribution in [-0.2, 0) is 0 Å². The molecule has 0 saturated carbocycles. The highest BCUT2D eigenvalue weighted by atomic mass is 16.6. The van der Waals surface area contributed by atoms with Crippen molar-refractivity contribution in [2.75, 3.05) is 35.0 Å². The summed E-state index contributed by atoms with van der Waals surface area (Å²) in [6, 6.07) is 10.1. The molecule has 0 spiro atoms. The molecule has 2 aromatic rings. The van der Waals surface area contributed by atoms with Gasteiger partial charge in [-0.15, -0.1) is 0 Å². The first-order chi connectivity index (χ1) is 12.6. The summed E-state index contributed by atoms with van der Waals surface area (Å²) in [4.78, 5) is 0. The third kappa shape index (κ3) is 4.12. The second-order valence-electron chi connectivity index (χ2n) is 5.39. The second kappa shape index (κ2) is 9.17. The van der Waals surface area contributed by atoms with Gasteiger partial charge in [0.05, 0.1) is 35.0 Å². The fraction of sp³-hybridized carbons (Fsp3) is 0.368. The summed E-state index contributed by atoms with van der Waals surface area (Å²) >= 11 is 0. The van der Waals surface area contributed by atoms with Gasteiger partial charge in [0.25, 0.3) is 0 Å². The van der Waals surface area contributed by atoms with Crippen LogP contribution in [0.3, 0.4) is 0 Å². The zero-order chi connectivity index (χ0) is 19.1. The van der Waals surface area contributed by atoms with Crippen molar-refractivity contribution in [3.63, 3.8) is 0 Å². The molecule has 0 aliphatic heterocycles. The van der Waals surface area contributed by atoms with Gasteiger partial charge in [-0.1, -0.05) is 12.1 Å². The fourth-order valence-electron chi connectivity index (χ4n) is 2.54. The second-order valence-corrected chi connectivity index (χ2v) is 5.39. The predicted molar refractivity (Wildman–Crippen MR) is 95.6 cm³/mol. The maximum absolute atomic E-state index is 10.7. The fourth-order valence-corrected chi connectivity index (χ4v) is 2.54. The zero-order valence-corrected chi connectivity index (χ0v) is 15.3. The molecule has 2 rings (SSSR count). The molecular formula is C19H24O7. The van der Waals surface area contributed by atoms with Crippen molar-refractivity contribution in [1.82, 2.24) is 0 Å². The van der Waals surface area contributed by atoms with E-state index in [-0.39, 0.29) is 0 Å². The van der Waals surface area contributed by atoms with Crippen LogP contribution in [0.4, 0.5) is 0 Å². The summed E-state index contributed by atoms with van der Waals surface area (Å²) < 4.78 is 26.8. The van der Waals surface area contributed by atoms with Crippen LogP contribution in [0.15, 0.2) is 36.4 Å². The highest BCUT2D eigenvalue weighted by molar-refractivity contribution is 5.51. The number of methoxy groups -OCH3 is 4. The summed E-state index contributed by atoms with van der Waals surface area (Å²) in [7, 11) is 6.04. The molecule has 0 amide bonds. The molecular weight excluding hydrogens is 340 g/mol. The summed E-state index contributed by atoms with van der Waals surface area (Å²) in [5.74, 6) is 2.17. The number of rotatable bonds is 9. The van der Waals surface area contributed by atoms with Gasteiger partial charge in [0, 0.05) is 0 Å². The Hall–Kier alpha value is -2.64. The molecule has 0 unspecified atom stereocenters. The minimum absolute atomic E-state index is 0.302. The Bertz CT molecular complexity index is 695. The summed E-state index contributed by atoms with van der Waals surface area (Å²) in [6.45, 7) is -0.420. The molecule has 2 N–H and O–H groups in total. The third-order valence-corrected chi connectivity index (χ3v) is 3.93. The van der Waals surface area contributed by atoms with Crippen LogP contribution in [0.5, 0.6) is 28.7 Å². The summed E-state index contributed by atoms with van der Waals surface area (Å²) in [6.07, 6.45) is -2.06. The summed E-state index contributed by atoms with van der Waals surface area (Å²) in [5.41, 5.74) is 0.510. The Morgan fingerprint density at radius 3 is 1.88 bits per heavy atom. The maximum Gasteiger partial charge on any atom is 0.203 e. The Kier molecular flexibility index (Phi) is 6.94. The largest absolute Gasteiger partial charge is 0.493 e. The number of hydrogen-bond donors (Lipinski definition) is 2. The van der Waals surface area contributed by atoms with E-state index in [1.54, 1.807) is 36.4 Å². The van der Waals surface area contributed by atoms with Crippen LogP contribution < -0.4 is 23.7 Å². The average Bonchev–Trinajstić information content (AvgIpc) is 2.70. The number of aliphatic hydroxyl groups excluding tert-OH is 2. The van der Waals surface area contributed by atoms with E-state index in [1.807, 2.05) is 0 Å². The molecule has 2 atom stereocenters. The highest BCUT2D eigenvalue weighted by Crippen LogP contribution is 2.39. The van der Waals surface area contributed by atoms with E-state index < -0.39 is 18.8 Å². The lowest BCUT2D eigenvalue weighted by Gasteiger charge is -2.25. The quantitative estimate of drug-likeness (QED) is 0.705. The first-order valence-corrected chi connectivity index (χ1v) is 7.98. The zero-order valence-electron chi connectivity index (χ0n) is 15.3. The molecule has 0 radical (unpaired) electrons. The first kappa shape index (κ1) is 19.7. The number of ether oxygens (including phenoxy) is 5. The lowest BCUT2D eigenvalue weighted by atomic mass is 10.0. The first-order valence-electron chi connectivity index (χ1n) is 7.98. The van der Waals surface area contributed by atoms with E-state index in [0.717, 1.165) is 0 Å². The van der Waals surface area contributed by atoms with Crippen molar-refractivity contribution < 1.29 is 33.9 Å². The van der Waals surface area contributed by atoms with Crippen LogP contribution in [-0.4, -0.2) is 51.4 Å². The van der Waals surface area contributed by atoms with Gasteiger partial charge < -0.3 is 33.9 Å². The van der Waals surface area contributed by atoms with Gasteiger partial charge in [0.2, 0.25) is 5.75 Å². The van der Waals surface area contributed by atoms with Gasteiger partial charge >= 0.3 is 0 Å². The Labute approximate surface area is 152 Å². The van der Waals surface area contributed by atoms with E-state index in [4.69, 9.17) is 23.7 Å². The number of hydrogen-bond acceptors (Lipinski definition) is 7. The van der Waals surface area contributed by atoms with E-state index in [0.29, 0.717) is 34.3 Å². The minimum atomic E-state index is -1.12. The van der Waals surface area contributed by atoms with Crippen LogP contribution in [0.1, 0.15) is 11.7 Å². The predicted octanol–water partition coefficient (Wildman–Crippen LogP) is 2.19. The van der Waals surface area contributed by atoms with Crippen LogP contribution in [0.25, 0.3) is 0 Å². The molecule has 0 saturated heterocycles. The van der Waals surface area contributed by atoms with E-state index in [2.05, 4.69) is 0 Å². The monoisotopic (exact) mass is 364 g/mol. The van der Waals surface area contributed by atoms with Gasteiger partial charge in [-0.2, -0.15) is 0 Å². The molecule has 7 nitrogen and oxygen atoms in total. The van der Waals surface area contributed by atoms with Crippen molar-refractivity contribution in [2.24, 2.45) is 0 Å². The highest BCUT2D eigenvalue weighted by Gasteiger charge is 2.26. The molecule has 26 heavy (non-hydrogen) atoms. The minimum Gasteiger partial charge on any atom is -0.493 e. The molecule has 2 aromatic carbocycles. The van der Waals surface area contributed by atoms with Gasteiger partial charge in [-0.3, -0.25) is 0 Å². The molecule has 0 bridgehead atoms. The smallest absolute Gasteiger partial charge is 0.203 e. The molecule has 0 aliphatic rings. The van der Waals surface area contributed by atoms with Crippen molar-refractivity contribution >= 4 is 0 Å². The lowest BCUT2D eigenvalue weighted by Crippen LogP contribution is -2.29. The van der Waals surface area contributed by atoms with Gasteiger partial charge in [0.1, 0.15) is 6.10 Å². The number of para-hydroxylation sites is 1. The van der Waals surface area contributed by atoms with Gasteiger partial charge in [0.15, 0.2) is 29.1 Å². The van der Waals surface area contributed by atoms with Crippen LogP contribution in [0.2, 0.25) is 0 Å². The Morgan fingerprint density at radius 2 is 1.38 bits per heavy atom. The molecule has 0 aromatic heterocycles. The Morgan fingerprint density at radius 1 is 0.808 bits per heavy atom. The molecule has 0 aliphatic carbocycles. The summed E-state index contributed by atoms with van der Waals surface area (Å²) in [5, 5.41) is 20.4. The van der Waals surface area contributed by atoms with Crippen LogP contribution >= 0.6 is 0 Å². The standard InChI is InChI=1S/C19H24O7/c1-22-13-9-8-12(10-16(13)25-4)18(21)17(11-20)26-19-14(23-2)6-5-7-15(19)24-3/h5-10,17-18,20-21H,11H2,1-4H3/t17-,18-/m0/s1. The van der Waals surface area contributed by atoms with Crippen molar-refractivity contribution in [2.45, 2.75) is 12.2 Å². The maximum atomic E-state index is 10.7. The molecule has 0 heterocycles. The van der Waals surface area contributed by atoms with Crippen molar-refractivity contribution in [3.8, 4) is 28.7 Å². The number of aliphatic hydroxyl groups is 2. The molecule has 7 heteroatoms.